The van der Waals surface area contributed by atoms with Crippen molar-refractivity contribution in [1.29, 1.82) is 0 Å². The van der Waals surface area contributed by atoms with Crippen LogP contribution in [0.4, 0.5) is 5.69 Å². The summed E-state index contributed by atoms with van der Waals surface area (Å²) in [6.45, 7) is 15.4. The Hall–Kier alpha value is -1.69. The van der Waals surface area contributed by atoms with Crippen LogP contribution in [0.3, 0.4) is 0 Å². The van der Waals surface area contributed by atoms with Crippen LogP contribution in [0.25, 0.3) is 0 Å². The molecule has 2 aliphatic rings. The molecule has 1 amide bonds. The molecule has 0 unspecified atom stereocenters. The summed E-state index contributed by atoms with van der Waals surface area (Å²) in [6, 6.07) is 0. The van der Waals surface area contributed by atoms with E-state index in [2.05, 4.69) is 33.6 Å². The van der Waals surface area contributed by atoms with Crippen molar-refractivity contribution in [2.45, 2.75) is 46.5 Å². The van der Waals surface area contributed by atoms with E-state index in [1.165, 1.54) is 19.4 Å². The molecule has 6 nitrogen and oxygen atoms in total. The molecule has 2 aliphatic heterocycles. The van der Waals surface area contributed by atoms with Gasteiger partial charge in [-0.1, -0.05) is 27.7 Å². The highest BCUT2D eigenvalue weighted by atomic mass is 16.2. The molecule has 1 aromatic rings. The zero-order chi connectivity index (χ0) is 19.4. The number of anilines is 1. The van der Waals surface area contributed by atoms with E-state index >= 15 is 0 Å². The summed E-state index contributed by atoms with van der Waals surface area (Å²) in [5.41, 5.74) is 1.15. The number of rotatable bonds is 5. The molecule has 2 fully saturated rings. The van der Waals surface area contributed by atoms with Gasteiger partial charge in [0.2, 0.25) is 5.91 Å². The molecule has 0 aromatic carbocycles. The van der Waals surface area contributed by atoms with Gasteiger partial charge in [-0.2, -0.15) is 0 Å². The molecule has 2 saturated heterocycles. The van der Waals surface area contributed by atoms with Crippen LogP contribution in [0, 0.1) is 11.8 Å². The third kappa shape index (κ3) is 5.18. The van der Waals surface area contributed by atoms with Gasteiger partial charge in [-0.15, -0.1) is 0 Å². The minimum atomic E-state index is 0.111. The Morgan fingerprint density at radius 2 is 1.59 bits per heavy atom. The number of nitrogens with zero attached hydrogens (tertiary/aromatic N) is 5. The van der Waals surface area contributed by atoms with E-state index < -0.39 is 0 Å². The van der Waals surface area contributed by atoms with Crippen molar-refractivity contribution in [1.82, 2.24) is 19.8 Å². The molecule has 6 heteroatoms. The van der Waals surface area contributed by atoms with Crippen molar-refractivity contribution in [3.63, 3.8) is 0 Å². The fraction of sp³-hybridized carbons (Fsp3) is 0.762. The van der Waals surface area contributed by atoms with Crippen LogP contribution < -0.4 is 4.90 Å². The van der Waals surface area contributed by atoms with Crippen LogP contribution >= 0.6 is 0 Å². The summed E-state index contributed by atoms with van der Waals surface area (Å²) < 4.78 is 0. The normalized spacial score (nSPS) is 19.9. The molecule has 0 spiro atoms. The van der Waals surface area contributed by atoms with Gasteiger partial charge in [0.05, 0.1) is 18.1 Å². The average molecular weight is 374 g/mol. The Morgan fingerprint density at radius 1 is 1.00 bits per heavy atom. The van der Waals surface area contributed by atoms with E-state index in [0.717, 1.165) is 56.7 Å². The van der Waals surface area contributed by atoms with E-state index in [4.69, 9.17) is 0 Å². The lowest BCUT2D eigenvalue weighted by Crippen LogP contribution is -2.51. The first-order chi connectivity index (χ1) is 12.9. The molecule has 0 aliphatic carbocycles. The fourth-order valence-electron chi connectivity index (χ4n) is 4.05. The van der Waals surface area contributed by atoms with Gasteiger partial charge in [-0.3, -0.25) is 9.69 Å². The summed E-state index contributed by atoms with van der Waals surface area (Å²) in [6.07, 6.45) is 6.40. The first-order valence-corrected chi connectivity index (χ1v) is 10.5. The summed E-state index contributed by atoms with van der Waals surface area (Å²) in [5.74, 6) is 2.46. The first kappa shape index (κ1) is 20.1. The van der Waals surface area contributed by atoms with Crippen LogP contribution in [-0.4, -0.2) is 71.5 Å². The highest BCUT2D eigenvalue weighted by Crippen LogP contribution is 2.24. The van der Waals surface area contributed by atoms with Gasteiger partial charge in [0.25, 0.3) is 0 Å². The number of aromatic nitrogens is 2. The van der Waals surface area contributed by atoms with Crippen molar-refractivity contribution in [2.24, 2.45) is 11.8 Å². The van der Waals surface area contributed by atoms with Gasteiger partial charge in [-0.05, 0) is 18.8 Å². The molecule has 0 N–H and O–H groups in total. The van der Waals surface area contributed by atoms with Gasteiger partial charge >= 0.3 is 0 Å². The van der Waals surface area contributed by atoms with E-state index in [1.54, 1.807) is 0 Å². The number of hydrogen-bond donors (Lipinski definition) is 0. The third-order valence-corrected chi connectivity index (χ3v) is 5.85. The Bertz CT molecular complexity index is 600. The highest BCUT2D eigenvalue weighted by Gasteiger charge is 2.26. The topological polar surface area (TPSA) is 52.6 Å². The molecular weight excluding hydrogens is 338 g/mol. The second-order valence-corrected chi connectivity index (χ2v) is 8.67. The molecule has 3 rings (SSSR count). The van der Waals surface area contributed by atoms with Crippen LogP contribution in [0.2, 0.25) is 0 Å². The van der Waals surface area contributed by atoms with Crippen LogP contribution in [-0.2, 0) is 4.79 Å². The maximum atomic E-state index is 12.1. The molecule has 0 bridgehead atoms. The lowest BCUT2D eigenvalue weighted by molar-refractivity contribution is -0.136. The lowest BCUT2D eigenvalue weighted by Gasteiger charge is -2.39. The number of carbonyl (C=O) groups excluding carboxylic acids is 1. The first-order valence-electron chi connectivity index (χ1n) is 10.5. The van der Waals surface area contributed by atoms with Gasteiger partial charge in [0.1, 0.15) is 5.82 Å². The Morgan fingerprint density at radius 3 is 2.11 bits per heavy atom. The van der Waals surface area contributed by atoms with Crippen molar-refractivity contribution in [2.75, 3.05) is 50.7 Å². The van der Waals surface area contributed by atoms with Crippen molar-refractivity contribution < 1.29 is 4.79 Å². The van der Waals surface area contributed by atoms with Crippen LogP contribution in [0.5, 0.6) is 0 Å². The van der Waals surface area contributed by atoms with E-state index in [1.807, 2.05) is 31.1 Å². The molecule has 1 aromatic heterocycles. The summed E-state index contributed by atoms with van der Waals surface area (Å²) >= 11 is 0. The molecule has 0 radical (unpaired) electrons. The molecule has 0 saturated carbocycles. The van der Waals surface area contributed by atoms with Crippen LogP contribution in [0.1, 0.15) is 52.3 Å². The maximum Gasteiger partial charge on any atom is 0.225 e. The lowest BCUT2D eigenvalue weighted by atomic mass is 9.95. The fourth-order valence-corrected chi connectivity index (χ4v) is 4.05. The zero-order valence-corrected chi connectivity index (χ0v) is 17.4. The minimum absolute atomic E-state index is 0.111. The molecule has 3 heterocycles. The van der Waals surface area contributed by atoms with E-state index in [0.29, 0.717) is 11.8 Å². The summed E-state index contributed by atoms with van der Waals surface area (Å²) in [7, 11) is 0. The smallest absolute Gasteiger partial charge is 0.225 e. The second-order valence-electron chi connectivity index (χ2n) is 8.67. The van der Waals surface area contributed by atoms with Crippen LogP contribution in [0.15, 0.2) is 12.4 Å². The molecular formula is C21H35N5O. The second kappa shape index (κ2) is 9.00. The SMILES string of the molecule is CC(C)C(=O)N1CCN(CC2CCN(c3cnc(C(C)C)nc3)CC2)CC1. The maximum absolute atomic E-state index is 12.1. The summed E-state index contributed by atoms with van der Waals surface area (Å²) in [5, 5.41) is 0. The Balaban J connectivity index is 1.42. The Labute approximate surface area is 164 Å². The van der Waals surface area contributed by atoms with Crippen molar-refractivity contribution >= 4 is 11.6 Å². The van der Waals surface area contributed by atoms with E-state index in [-0.39, 0.29) is 5.92 Å². The zero-order valence-electron chi connectivity index (χ0n) is 17.4. The number of piperazine rings is 1. The van der Waals surface area contributed by atoms with Gasteiger partial charge < -0.3 is 9.80 Å². The van der Waals surface area contributed by atoms with E-state index in [9.17, 15) is 4.79 Å². The summed E-state index contributed by atoms with van der Waals surface area (Å²) in [4.78, 5) is 28.1. The highest BCUT2D eigenvalue weighted by molar-refractivity contribution is 5.78. The number of amides is 1. The average Bonchev–Trinajstić information content (AvgIpc) is 2.68. The third-order valence-electron chi connectivity index (χ3n) is 5.85. The van der Waals surface area contributed by atoms with Crippen molar-refractivity contribution in [3.05, 3.63) is 18.2 Å². The van der Waals surface area contributed by atoms with Gasteiger partial charge in [0, 0.05) is 57.6 Å². The van der Waals surface area contributed by atoms with Crippen molar-refractivity contribution in [3.8, 4) is 0 Å². The molecule has 150 valence electrons. The Kier molecular flexibility index (Phi) is 6.68. The number of piperidine rings is 1. The quantitative estimate of drug-likeness (QED) is 0.794. The van der Waals surface area contributed by atoms with Gasteiger partial charge in [-0.25, -0.2) is 9.97 Å². The predicted molar refractivity (Wildman–Crippen MR) is 109 cm³/mol. The molecule has 0 atom stereocenters. The number of carbonyl (C=O) groups is 1. The molecule has 27 heavy (non-hydrogen) atoms. The standard InChI is InChI=1S/C21H35N5O/c1-16(2)20-22-13-19(14-23-20)25-7-5-18(6-8-25)15-24-9-11-26(12-10-24)21(27)17(3)4/h13-14,16-18H,5-12,15H2,1-4H3. The number of hydrogen-bond acceptors (Lipinski definition) is 5. The predicted octanol–water partition coefficient (Wildman–Crippen LogP) is 2.62. The minimum Gasteiger partial charge on any atom is -0.369 e. The largest absolute Gasteiger partial charge is 0.369 e. The monoisotopic (exact) mass is 373 g/mol. The van der Waals surface area contributed by atoms with Gasteiger partial charge in [0.15, 0.2) is 0 Å².